The third-order valence-corrected chi connectivity index (χ3v) is 6.44. The van der Waals surface area contributed by atoms with Gasteiger partial charge in [-0.15, -0.1) is 0 Å². The number of urea groups is 1. The van der Waals surface area contributed by atoms with Gasteiger partial charge in [0.25, 0.3) is 5.91 Å². The standard InChI is InChI=1S/C21H29N3O4/c1-27-15-8-9-18(28-2)16(13-15)17-7-6-12-23(17)14-24-19(25)21(22-20(24)26)10-4-3-5-11-21/h8-9,13,17H,3-7,10-12,14H2,1-2H3,(H,22,26)/t17-/m0/s1. The van der Waals surface area contributed by atoms with Crippen molar-refractivity contribution in [2.24, 2.45) is 0 Å². The summed E-state index contributed by atoms with van der Waals surface area (Å²) in [4.78, 5) is 29.4. The predicted molar refractivity (Wildman–Crippen MR) is 104 cm³/mol. The Morgan fingerprint density at radius 2 is 1.89 bits per heavy atom. The molecule has 3 aliphatic rings. The van der Waals surface area contributed by atoms with Crippen LogP contribution in [0.1, 0.15) is 56.6 Å². The summed E-state index contributed by atoms with van der Waals surface area (Å²) in [5.41, 5.74) is 0.372. The minimum atomic E-state index is -0.668. The van der Waals surface area contributed by atoms with Crippen LogP contribution in [0, 0.1) is 0 Å². The lowest BCUT2D eigenvalue weighted by Crippen LogP contribution is -2.49. The fourth-order valence-electron chi connectivity index (χ4n) is 4.93. The van der Waals surface area contributed by atoms with Crippen molar-refractivity contribution in [3.05, 3.63) is 23.8 Å². The van der Waals surface area contributed by atoms with Crippen LogP contribution in [0.2, 0.25) is 0 Å². The Hall–Kier alpha value is -2.28. The molecule has 1 atom stereocenters. The molecule has 28 heavy (non-hydrogen) atoms. The van der Waals surface area contributed by atoms with E-state index in [4.69, 9.17) is 9.47 Å². The molecule has 1 aromatic carbocycles. The molecule has 1 aliphatic carbocycles. The van der Waals surface area contributed by atoms with Gasteiger partial charge in [-0.25, -0.2) is 9.69 Å². The van der Waals surface area contributed by atoms with Crippen molar-refractivity contribution in [1.82, 2.24) is 15.1 Å². The zero-order chi connectivity index (χ0) is 19.7. The highest BCUT2D eigenvalue weighted by molar-refractivity contribution is 6.07. The molecule has 7 heteroatoms. The molecule has 1 spiro atoms. The van der Waals surface area contributed by atoms with Crippen molar-refractivity contribution in [3.8, 4) is 11.5 Å². The first kappa shape index (κ1) is 19.1. The predicted octanol–water partition coefficient (Wildman–Crippen LogP) is 3.05. The summed E-state index contributed by atoms with van der Waals surface area (Å²) in [6, 6.07) is 5.63. The molecule has 0 bridgehead atoms. The summed E-state index contributed by atoms with van der Waals surface area (Å²) in [5, 5.41) is 3.00. The molecule has 1 N–H and O–H groups in total. The van der Waals surface area contributed by atoms with Gasteiger partial charge in [0.15, 0.2) is 0 Å². The average Bonchev–Trinajstić information content (AvgIpc) is 3.27. The van der Waals surface area contributed by atoms with Crippen LogP contribution in [0.3, 0.4) is 0 Å². The van der Waals surface area contributed by atoms with E-state index in [2.05, 4.69) is 10.2 Å². The molecule has 2 saturated heterocycles. The zero-order valence-corrected chi connectivity index (χ0v) is 16.7. The number of methoxy groups -OCH3 is 2. The Balaban J connectivity index is 1.55. The van der Waals surface area contributed by atoms with Crippen molar-refractivity contribution in [2.45, 2.75) is 56.5 Å². The number of carbonyl (C=O) groups is 2. The second kappa shape index (κ2) is 7.62. The van der Waals surface area contributed by atoms with E-state index in [1.54, 1.807) is 14.2 Å². The van der Waals surface area contributed by atoms with Gasteiger partial charge in [0.2, 0.25) is 0 Å². The van der Waals surface area contributed by atoms with Crippen molar-refractivity contribution in [2.75, 3.05) is 27.4 Å². The molecular weight excluding hydrogens is 358 g/mol. The highest BCUT2D eigenvalue weighted by Crippen LogP contribution is 2.40. The maximum Gasteiger partial charge on any atom is 0.326 e. The number of likely N-dealkylation sites (tertiary alicyclic amines) is 1. The van der Waals surface area contributed by atoms with Crippen LogP contribution in [0.25, 0.3) is 0 Å². The monoisotopic (exact) mass is 387 g/mol. The highest BCUT2D eigenvalue weighted by Gasteiger charge is 2.52. The number of benzene rings is 1. The van der Waals surface area contributed by atoms with Gasteiger partial charge in [-0.2, -0.15) is 0 Å². The second-order valence-corrected chi connectivity index (χ2v) is 8.03. The van der Waals surface area contributed by atoms with Gasteiger partial charge in [0.1, 0.15) is 17.0 Å². The van der Waals surface area contributed by atoms with Gasteiger partial charge in [0, 0.05) is 18.2 Å². The number of nitrogens with zero attached hydrogens (tertiary/aromatic N) is 2. The Bertz CT molecular complexity index is 760. The summed E-state index contributed by atoms with van der Waals surface area (Å²) in [5.74, 6) is 1.53. The first-order valence-electron chi connectivity index (χ1n) is 10.2. The molecule has 0 unspecified atom stereocenters. The van der Waals surface area contributed by atoms with Crippen molar-refractivity contribution < 1.29 is 19.1 Å². The molecular formula is C21H29N3O4. The van der Waals surface area contributed by atoms with E-state index in [-0.39, 0.29) is 18.0 Å². The molecule has 2 aliphatic heterocycles. The Morgan fingerprint density at radius 3 is 2.61 bits per heavy atom. The summed E-state index contributed by atoms with van der Waals surface area (Å²) in [7, 11) is 3.31. The molecule has 152 valence electrons. The van der Waals surface area contributed by atoms with Gasteiger partial charge >= 0.3 is 6.03 Å². The van der Waals surface area contributed by atoms with Crippen LogP contribution in [0.4, 0.5) is 4.79 Å². The minimum Gasteiger partial charge on any atom is -0.497 e. The van der Waals surface area contributed by atoms with Crippen LogP contribution in [-0.4, -0.2) is 54.7 Å². The van der Waals surface area contributed by atoms with Crippen LogP contribution >= 0.6 is 0 Å². The number of ether oxygens (including phenoxy) is 2. The number of carbonyl (C=O) groups excluding carboxylic acids is 2. The van der Waals surface area contributed by atoms with Gasteiger partial charge in [-0.05, 0) is 43.9 Å². The van der Waals surface area contributed by atoms with Gasteiger partial charge in [-0.1, -0.05) is 19.3 Å². The molecule has 3 fully saturated rings. The minimum absolute atomic E-state index is 0.0551. The highest BCUT2D eigenvalue weighted by atomic mass is 16.5. The Morgan fingerprint density at radius 1 is 1.11 bits per heavy atom. The van der Waals surface area contributed by atoms with E-state index in [1.807, 2.05) is 18.2 Å². The third kappa shape index (κ3) is 3.21. The topological polar surface area (TPSA) is 71.1 Å². The molecule has 1 aromatic rings. The van der Waals surface area contributed by atoms with E-state index >= 15 is 0 Å². The number of amides is 3. The fourth-order valence-corrected chi connectivity index (χ4v) is 4.93. The fraction of sp³-hybridized carbons (Fsp3) is 0.619. The van der Waals surface area contributed by atoms with Crippen LogP contribution in [-0.2, 0) is 4.79 Å². The zero-order valence-electron chi connectivity index (χ0n) is 16.7. The van der Waals surface area contributed by atoms with Crippen molar-refractivity contribution in [1.29, 1.82) is 0 Å². The lowest BCUT2D eigenvalue weighted by atomic mass is 9.82. The number of nitrogens with one attached hydrogen (secondary N) is 1. The molecule has 1 saturated carbocycles. The van der Waals surface area contributed by atoms with Crippen LogP contribution in [0.5, 0.6) is 11.5 Å². The molecule has 7 nitrogen and oxygen atoms in total. The third-order valence-electron chi connectivity index (χ3n) is 6.44. The van der Waals surface area contributed by atoms with Crippen molar-refractivity contribution in [3.63, 3.8) is 0 Å². The average molecular weight is 387 g/mol. The molecule has 3 amide bonds. The SMILES string of the molecule is COc1ccc(OC)c([C@@H]2CCCN2CN2C(=O)NC3(CCCCC3)C2=O)c1. The maximum atomic E-state index is 13.1. The number of rotatable bonds is 5. The first-order valence-corrected chi connectivity index (χ1v) is 10.2. The normalized spacial score (nSPS) is 24.6. The van der Waals surface area contributed by atoms with Gasteiger partial charge < -0.3 is 14.8 Å². The van der Waals surface area contributed by atoms with E-state index < -0.39 is 5.54 Å². The van der Waals surface area contributed by atoms with Crippen LogP contribution < -0.4 is 14.8 Å². The van der Waals surface area contributed by atoms with E-state index in [9.17, 15) is 9.59 Å². The summed E-state index contributed by atoms with van der Waals surface area (Å²) in [6.45, 7) is 1.16. The smallest absolute Gasteiger partial charge is 0.326 e. The largest absolute Gasteiger partial charge is 0.497 e. The van der Waals surface area contributed by atoms with E-state index in [1.165, 1.54) is 4.90 Å². The van der Waals surface area contributed by atoms with Gasteiger partial charge in [0.05, 0.1) is 20.9 Å². The maximum absolute atomic E-state index is 13.1. The van der Waals surface area contributed by atoms with E-state index in [0.29, 0.717) is 6.67 Å². The molecule has 0 aromatic heterocycles. The molecule has 4 rings (SSSR count). The number of imide groups is 1. The number of hydrogen-bond donors (Lipinski definition) is 1. The quantitative estimate of drug-likeness (QED) is 0.787. The number of hydrogen-bond acceptors (Lipinski definition) is 5. The second-order valence-electron chi connectivity index (χ2n) is 8.03. The van der Waals surface area contributed by atoms with E-state index in [0.717, 1.165) is 68.6 Å². The van der Waals surface area contributed by atoms with Crippen LogP contribution in [0.15, 0.2) is 18.2 Å². The summed E-state index contributed by atoms with van der Waals surface area (Å²) < 4.78 is 11.0. The Kier molecular flexibility index (Phi) is 5.19. The molecule has 2 heterocycles. The lowest BCUT2D eigenvalue weighted by molar-refractivity contribution is -0.134. The first-order chi connectivity index (χ1) is 13.6. The molecule has 0 radical (unpaired) electrons. The summed E-state index contributed by atoms with van der Waals surface area (Å²) >= 11 is 0. The summed E-state index contributed by atoms with van der Waals surface area (Å²) in [6.07, 6.45) is 6.59. The van der Waals surface area contributed by atoms with Gasteiger partial charge in [-0.3, -0.25) is 9.69 Å². The van der Waals surface area contributed by atoms with Crippen molar-refractivity contribution >= 4 is 11.9 Å². The lowest BCUT2D eigenvalue weighted by Gasteiger charge is -2.32. The Labute approximate surface area is 166 Å².